The van der Waals surface area contributed by atoms with E-state index >= 15 is 0 Å². The van der Waals surface area contributed by atoms with Crippen molar-refractivity contribution in [2.75, 3.05) is 19.6 Å². The highest BCUT2D eigenvalue weighted by Gasteiger charge is 2.23. The summed E-state index contributed by atoms with van der Waals surface area (Å²) in [5.74, 6) is 0.524. The van der Waals surface area contributed by atoms with Crippen molar-refractivity contribution >= 4 is 27.0 Å². The Morgan fingerprint density at radius 1 is 1.13 bits per heavy atom. The smallest absolute Gasteiger partial charge is 0.233 e. The van der Waals surface area contributed by atoms with Gasteiger partial charge in [0.05, 0.1) is 0 Å². The number of likely N-dealkylation sites (tertiary alicyclic amines) is 1. The van der Waals surface area contributed by atoms with E-state index in [1.54, 1.807) is 13.0 Å². The fourth-order valence-electron chi connectivity index (χ4n) is 4.26. The molecule has 5 nitrogen and oxygen atoms in total. The van der Waals surface area contributed by atoms with Gasteiger partial charge in [-0.3, -0.25) is 4.90 Å². The minimum absolute atomic E-state index is 0.386. The van der Waals surface area contributed by atoms with Gasteiger partial charge in [0.25, 0.3) is 0 Å². The number of piperidine rings is 1. The fraction of sp³-hybridized carbons (Fsp3) is 0.333. The second-order valence-electron chi connectivity index (χ2n) is 7.93. The van der Waals surface area contributed by atoms with Crippen LogP contribution in [0.3, 0.4) is 0 Å². The van der Waals surface area contributed by atoms with Crippen LogP contribution in [0.2, 0.25) is 0 Å². The number of benzene rings is 2. The summed E-state index contributed by atoms with van der Waals surface area (Å²) in [7, 11) is -3.38. The molecule has 3 aromatic rings. The Hall–Kier alpha value is -2.41. The van der Waals surface area contributed by atoms with Gasteiger partial charge in [-0.15, -0.1) is 0 Å². The molecule has 1 aliphatic rings. The predicted molar refractivity (Wildman–Crippen MR) is 124 cm³/mol. The molecule has 158 valence electrons. The third kappa shape index (κ3) is 5.01. The number of nitrogens with zero attached hydrogens (tertiary/aromatic N) is 1. The molecule has 30 heavy (non-hydrogen) atoms. The van der Waals surface area contributed by atoms with Crippen molar-refractivity contribution in [1.82, 2.24) is 14.6 Å². The molecule has 0 radical (unpaired) electrons. The highest BCUT2D eigenvalue weighted by molar-refractivity contribution is 7.92. The zero-order chi connectivity index (χ0) is 21.0. The molecule has 2 N–H and O–H groups in total. The Kier molecular flexibility index (Phi) is 6.37. The first-order valence-electron chi connectivity index (χ1n) is 10.6. The Morgan fingerprint density at radius 2 is 1.90 bits per heavy atom. The maximum absolute atomic E-state index is 11.9. The predicted octanol–water partition coefficient (Wildman–Crippen LogP) is 4.46. The van der Waals surface area contributed by atoms with E-state index in [1.165, 1.54) is 21.9 Å². The molecule has 0 spiro atoms. The Balaban J connectivity index is 1.46. The summed E-state index contributed by atoms with van der Waals surface area (Å²) < 4.78 is 26.3. The monoisotopic (exact) mass is 423 g/mol. The summed E-state index contributed by atoms with van der Waals surface area (Å²) in [6, 6.07) is 16.7. The van der Waals surface area contributed by atoms with Gasteiger partial charge in [-0.2, -0.15) is 0 Å². The third-order valence-corrected chi connectivity index (χ3v) is 6.98. The number of nitrogens with one attached hydrogen (secondary N) is 2. The minimum atomic E-state index is -3.38. The molecule has 0 bridgehead atoms. The molecule has 0 saturated carbocycles. The lowest BCUT2D eigenvalue weighted by Gasteiger charge is -2.32. The van der Waals surface area contributed by atoms with Crippen LogP contribution in [0.25, 0.3) is 17.0 Å². The van der Waals surface area contributed by atoms with Crippen LogP contribution in [0.5, 0.6) is 0 Å². The second kappa shape index (κ2) is 9.16. The van der Waals surface area contributed by atoms with Gasteiger partial charge < -0.3 is 4.98 Å². The van der Waals surface area contributed by atoms with E-state index in [0.717, 1.165) is 43.6 Å². The van der Waals surface area contributed by atoms with E-state index in [1.807, 2.05) is 12.1 Å². The Labute approximate surface area is 178 Å². The quantitative estimate of drug-likeness (QED) is 0.590. The molecule has 1 saturated heterocycles. The molecule has 2 heterocycles. The molecule has 2 aromatic carbocycles. The molecule has 4 rings (SSSR count). The summed E-state index contributed by atoms with van der Waals surface area (Å²) in [4.78, 5) is 5.92. The maximum Gasteiger partial charge on any atom is 0.233 e. The first-order chi connectivity index (χ1) is 14.5. The lowest BCUT2D eigenvalue weighted by molar-refractivity contribution is 0.205. The highest BCUT2D eigenvalue weighted by Crippen LogP contribution is 2.34. The molecular formula is C24H29N3O2S. The van der Waals surface area contributed by atoms with Crippen molar-refractivity contribution in [3.63, 3.8) is 0 Å². The Morgan fingerprint density at radius 3 is 2.63 bits per heavy atom. The lowest BCUT2D eigenvalue weighted by Crippen LogP contribution is -2.32. The topological polar surface area (TPSA) is 65.2 Å². The molecule has 6 heteroatoms. The number of aromatic nitrogens is 1. The van der Waals surface area contributed by atoms with E-state index in [2.05, 4.69) is 57.2 Å². The SMILES string of the molecule is CCNS(=O)(=O)/C=C/c1ccc2[nH]cc(C3CCN(Cc4ccccc4)CC3)c2c1. The van der Waals surface area contributed by atoms with Crippen LogP contribution in [-0.4, -0.2) is 37.9 Å². The molecule has 0 amide bonds. The van der Waals surface area contributed by atoms with Gasteiger partial charge in [0.1, 0.15) is 0 Å². The number of hydrogen-bond acceptors (Lipinski definition) is 3. The molecule has 0 atom stereocenters. The molecular weight excluding hydrogens is 394 g/mol. The number of sulfonamides is 1. The van der Waals surface area contributed by atoms with Crippen molar-refractivity contribution in [3.8, 4) is 0 Å². The van der Waals surface area contributed by atoms with Crippen LogP contribution in [-0.2, 0) is 16.6 Å². The number of fused-ring (bicyclic) bond motifs is 1. The van der Waals surface area contributed by atoms with Crippen molar-refractivity contribution in [3.05, 3.63) is 76.8 Å². The average molecular weight is 424 g/mol. The van der Waals surface area contributed by atoms with E-state index in [9.17, 15) is 8.42 Å². The van der Waals surface area contributed by atoms with Gasteiger partial charge in [0.15, 0.2) is 0 Å². The van der Waals surface area contributed by atoms with Crippen LogP contribution in [0, 0.1) is 0 Å². The number of H-pyrrole nitrogens is 1. The summed E-state index contributed by atoms with van der Waals surface area (Å²) in [6.07, 6.45) is 6.06. The first-order valence-corrected chi connectivity index (χ1v) is 12.1. The van der Waals surface area contributed by atoms with Gasteiger partial charge in [-0.05, 0) is 66.7 Å². The minimum Gasteiger partial charge on any atom is -0.361 e. The van der Waals surface area contributed by atoms with Crippen molar-refractivity contribution in [1.29, 1.82) is 0 Å². The normalized spacial score (nSPS) is 16.6. The fourth-order valence-corrected chi connectivity index (χ4v) is 5.10. The largest absolute Gasteiger partial charge is 0.361 e. The summed E-state index contributed by atoms with van der Waals surface area (Å²) in [5.41, 5.74) is 4.70. The maximum atomic E-state index is 11.9. The molecule has 1 aliphatic heterocycles. The highest BCUT2D eigenvalue weighted by atomic mass is 32.2. The average Bonchev–Trinajstić information content (AvgIpc) is 3.17. The number of aromatic amines is 1. The molecule has 0 unspecified atom stereocenters. The van der Waals surface area contributed by atoms with Crippen LogP contribution in [0.1, 0.15) is 42.4 Å². The second-order valence-corrected chi connectivity index (χ2v) is 9.58. The van der Waals surface area contributed by atoms with Crippen LogP contribution in [0.4, 0.5) is 0 Å². The number of rotatable bonds is 7. The van der Waals surface area contributed by atoms with Gasteiger partial charge in [-0.1, -0.05) is 43.3 Å². The van der Waals surface area contributed by atoms with E-state index in [0.29, 0.717) is 12.5 Å². The van der Waals surface area contributed by atoms with Crippen molar-refractivity contribution in [2.24, 2.45) is 0 Å². The summed E-state index contributed by atoms with van der Waals surface area (Å²) >= 11 is 0. The Bertz CT molecular complexity index is 1110. The van der Waals surface area contributed by atoms with Gasteiger partial charge in [-0.25, -0.2) is 13.1 Å². The van der Waals surface area contributed by atoms with Gasteiger partial charge in [0.2, 0.25) is 10.0 Å². The van der Waals surface area contributed by atoms with Gasteiger partial charge >= 0.3 is 0 Å². The van der Waals surface area contributed by atoms with Crippen molar-refractivity contribution < 1.29 is 8.42 Å². The molecule has 0 aliphatic carbocycles. The zero-order valence-electron chi connectivity index (χ0n) is 17.3. The van der Waals surface area contributed by atoms with E-state index < -0.39 is 10.0 Å². The first kappa shape index (κ1) is 20.8. The number of hydrogen-bond donors (Lipinski definition) is 2. The van der Waals surface area contributed by atoms with Crippen LogP contribution >= 0.6 is 0 Å². The summed E-state index contributed by atoms with van der Waals surface area (Å²) in [6.45, 7) is 5.35. The molecule has 1 fully saturated rings. The lowest BCUT2D eigenvalue weighted by atomic mass is 9.88. The molecule has 1 aromatic heterocycles. The van der Waals surface area contributed by atoms with Crippen LogP contribution < -0.4 is 4.72 Å². The standard InChI is InChI=1S/C24H29N3O2S/c1-2-26-30(28,29)15-12-19-8-9-24-22(16-19)23(17-25-24)21-10-13-27(14-11-21)18-20-6-4-3-5-7-20/h3-9,12,15-17,21,25-26H,2,10-11,13-14,18H2,1H3/b15-12+. The van der Waals surface area contributed by atoms with E-state index in [-0.39, 0.29) is 0 Å². The van der Waals surface area contributed by atoms with Gasteiger partial charge in [0, 0.05) is 35.6 Å². The van der Waals surface area contributed by atoms with Crippen molar-refractivity contribution in [2.45, 2.75) is 32.2 Å². The zero-order valence-corrected chi connectivity index (χ0v) is 18.2. The van der Waals surface area contributed by atoms with Crippen LogP contribution in [0.15, 0.2) is 60.1 Å². The third-order valence-electron chi connectivity index (χ3n) is 5.80. The van der Waals surface area contributed by atoms with E-state index in [4.69, 9.17) is 0 Å². The summed E-state index contributed by atoms with van der Waals surface area (Å²) in [5, 5.41) is 2.44.